The SMILES string of the molecule is COc1ccc(NC(=O)[C@@H](Sc2ccccc2)[C@@H](C)Cl)cc1. The zero-order valence-electron chi connectivity index (χ0n) is 12.5. The number of ether oxygens (including phenoxy) is 1. The number of amides is 1. The molecule has 0 spiro atoms. The first-order valence-electron chi connectivity index (χ1n) is 6.91. The van der Waals surface area contributed by atoms with E-state index in [1.165, 1.54) is 11.8 Å². The Morgan fingerprint density at radius 1 is 1.14 bits per heavy atom. The quantitative estimate of drug-likeness (QED) is 0.627. The second-order valence-corrected chi connectivity index (χ2v) is 6.65. The molecule has 0 aliphatic heterocycles. The third kappa shape index (κ3) is 4.68. The topological polar surface area (TPSA) is 38.3 Å². The molecule has 116 valence electrons. The first kappa shape index (κ1) is 16.7. The lowest BCUT2D eigenvalue weighted by atomic mass is 10.2. The minimum absolute atomic E-state index is 0.110. The number of carbonyl (C=O) groups excluding carboxylic acids is 1. The van der Waals surface area contributed by atoms with Gasteiger partial charge >= 0.3 is 0 Å². The van der Waals surface area contributed by atoms with Crippen molar-refractivity contribution in [3.8, 4) is 5.75 Å². The molecule has 3 nitrogen and oxygen atoms in total. The van der Waals surface area contributed by atoms with E-state index >= 15 is 0 Å². The first-order chi connectivity index (χ1) is 10.6. The molecule has 5 heteroatoms. The Balaban J connectivity index is 2.05. The smallest absolute Gasteiger partial charge is 0.239 e. The molecule has 1 amide bonds. The van der Waals surface area contributed by atoms with Crippen molar-refractivity contribution >= 4 is 35.0 Å². The maximum absolute atomic E-state index is 12.5. The largest absolute Gasteiger partial charge is 0.497 e. The Labute approximate surface area is 140 Å². The lowest BCUT2D eigenvalue weighted by Gasteiger charge is -2.18. The molecule has 0 saturated carbocycles. The first-order valence-corrected chi connectivity index (χ1v) is 8.22. The lowest BCUT2D eigenvalue weighted by molar-refractivity contribution is -0.115. The Kier molecular flexibility index (Phi) is 6.16. The molecule has 2 aromatic carbocycles. The molecule has 2 atom stereocenters. The Morgan fingerprint density at radius 2 is 1.77 bits per heavy atom. The van der Waals surface area contributed by atoms with Gasteiger partial charge in [-0.05, 0) is 43.3 Å². The van der Waals surface area contributed by atoms with Gasteiger partial charge in [0.25, 0.3) is 0 Å². The van der Waals surface area contributed by atoms with Crippen LogP contribution in [0.2, 0.25) is 0 Å². The number of hydrogen-bond acceptors (Lipinski definition) is 3. The van der Waals surface area contributed by atoms with E-state index < -0.39 is 0 Å². The van der Waals surface area contributed by atoms with E-state index in [2.05, 4.69) is 5.32 Å². The van der Waals surface area contributed by atoms with Crippen LogP contribution < -0.4 is 10.1 Å². The van der Waals surface area contributed by atoms with E-state index in [1.807, 2.05) is 37.3 Å². The van der Waals surface area contributed by atoms with Crippen LogP contribution in [0.3, 0.4) is 0 Å². The molecule has 0 aliphatic rings. The molecule has 0 heterocycles. The summed E-state index contributed by atoms with van der Waals surface area (Å²) in [5, 5.41) is 2.24. The van der Waals surface area contributed by atoms with E-state index in [0.29, 0.717) is 0 Å². The van der Waals surface area contributed by atoms with Crippen LogP contribution in [-0.2, 0) is 4.79 Å². The van der Waals surface area contributed by atoms with Gasteiger partial charge in [-0.25, -0.2) is 0 Å². The highest BCUT2D eigenvalue weighted by molar-refractivity contribution is 8.00. The van der Waals surface area contributed by atoms with Crippen LogP contribution >= 0.6 is 23.4 Å². The minimum atomic E-state index is -0.369. The zero-order chi connectivity index (χ0) is 15.9. The number of rotatable bonds is 6. The standard InChI is InChI=1S/C17H18ClNO2S/c1-12(18)16(22-15-6-4-3-5-7-15)17(20)19-13-8-10-14(21-2)11-9-13/h3-12,16H,1-2H3,(H,19,20)/t12-,16+/m1/s1. The van der Waals surface area contributed by atoms with Crippen molar-refractivity contribution in [3.63, 3.8) is 0 Å². The summed E-state index contributed by atoms with van der Waals surface area (Å²) in [5.41, 5.74) is 0.724. The van der Waals surface area contributed by atoms with Crippen molar-refractivity contribution in [2.75, 3.05) is 12.4 Å². The number of carbonyl (C=O) groups is 1. The van der Waals surface area contributed by atoms with Gasteiger partial charge in [0.1, 0.15) is 11.0 Å². The molecule has 0 saturated heterocycles. The highest BCUT2D eigenvalue weighted by Crippen LogP contribution is 2.28. The van der Waals surface area contributed by atoms with Crippen LogP contribution in [0.5, 0.6) is 5.75 Å². The van der Waals surface area contributed by atoms with Crippen LogP contribution in [-0.4, -0.2) is 23.6 Å². The molecule has 1 N–H and O–H groups in total. The molecule has 0 aliphatic carbocycles. The summed E-state index contributed by atoms with van der Waals surface area (Å²) in [6, 6.07) is 17.0. The molecule has 2 rings (SSSR count). The maximum Gasteiger partial charge on any atom is 0.239 e. The zero-order valence-corrected chi connectivity index (χ0v) is 14.0. The van der Waals surface area contributed by atoms with Gasteiger partial charge in [-0.1, -0.05) is 18.2 Å². The molecule has 2 aromatic rings. The van der Waals surface area contributed by atoms with E-state index in [9.17, 15) is 4.79 Å². The van der Waals surface area contributed by atoms with E-state index in [-0.39, 0.29) is 16.5 Å². The van der Waals surface area contributed by atoms with Crippen LogP contribution in [0, 0.1) is 0 Å². The van der Waals surface area contributed by atoms with Gasteiger partial charge in [0.2, 0.25) is 5.91 Å². The number of alkyl halides is 1. The maximum atomic E-state index is 12.5. The monoisotopic (exact) mass is 335 g/mol. The lowest BCUT2D eigenvalue weighted by Crippen LogP contribution is -2.31. The number of nitrogens with one attached hydrogen (secondary N) is 1. The van der Waals surface area contributed by atoms with Gasteiger partial charge in [-0.2, -0.15) is 0 Å². The normalized spacial score (nSPS) is 13.2. The van der Waals surface area contributed by atoms with Crippen LogP contribution in [0.4, 0.5) is 5.69 Å². The van der Waals surface area contributed by atoms with E-state index in [0.717, 1.165) is 16.3 Å². The van der Waals surface area contributed by atoms with E-state index in [4.69, 9.17) is 16.3 Å². The predicted octanol–water partition coefficient (Wildman–Crippen LogP) is 4.42. The number of halogens is 1. The summed E-state index contributed by atoms with van der Waals surface area (Å²) in [6.45, 7) is 1.83. The van der Waals surface area contributed by atoms with Crippen molar-refractivity contribution in [1.29, 1.82) is 0 Å². The van der Waals surface area contributed by atoms with Crippen molar-refractivity contribution in [2.24, 2.45) is 0 Å². The molecule has 0 radical (unpaired) electrons. The van der Waals surface area contributed by atoms with Gasteiger partial charge in [0, 0.05) is 10.6 Å². The van der Waals surface area contributed by atoms with Gasteiger partial charge < -0.3 is 10.1 Å². The summed E-state index contributed by atoms with van der Waals surface area (Å²) in [7, 11) is 1.61. The third-order valence-electron chi connectivity index (χ3n) is 3.04. The second-order valence-electron chi connectivity index (χ2n) is 4.75. The average molecular weight is 336 g/mol. The van der Waals surface area contributed by atoms with Crippen LogP contribution in [0.25, 0.3) is 0 Å². The van der Waals surface area contributed by atoms with Crippen LogP contribution in [0.15, 0.2) is 59.5 Å². The summed E-state index contributed by atoms with van der Waals surface area (Å²) in [4.78, 5) is 13.5. The fraction of sp³-hybridized carbons (Fsp3) is 0.235. The Hall–Kier alpha value is -1.65. The summed E-state index contributed by atoms with van der Waals surface area (Å²) in [5.74, 6) is 0.639. The second kappa shape index (κ2) is 8.11. The number of hydrogen-bond donors (Lipinski definition) is 1. The summed E-state index contributed by atoms with van der Waals surface area (Å²) < 4.78 is 5.10. The Bertz CT molecular complexity index is 602. The molecule has 22 heavy (non-hydrogen) atoms. The molecule has 0 fully saturated rings. The third-order valence-corrected chi connectivity index (χ3v) is 4.86. The molecule has 0 unspecified atom stereocenters. The summed E-state index contributed by atoms with van der Waals surface area (Å²) in [6.07, 6.45) is 0. The highest BCUT2D eigenvalue weighted by Gasteiger charge is 2.25. The molecule has 0 bridgehead atoms. The number of thioether (sulfide) groups is 1. The fourth-order valence-electron chi connectivity index (χ4n) is 1.89. The highest BCUT2D eigenvalue weighted by atomic mass is 35.5. The van der Waals surface area contributed by atoms with Gasteiger partial charge in [-0.3, -0.25) is 4.79 Å². The molecular weight excluding hydrogens is 318 g/mol. The number of benzene rings is 2. The Morgan fingerprint density at radius 3 is 2.32 bits per heavy atom. The van der Waals surface area contributed by atoms with Crippen molar-refractivity contribution in [2.45, 2.75) is 22.4 Å². The van der Waals surface area contributed by atoms with Gasteiger partial charge in [0.15, 0.2) is 0 Å². The average Bonchev–Trinajstić information content (AvgIpc) is 2.54. The van der Waals surface area contributed by atoms with Crippen LogP contribution in [0.1, 0.15) is 6.92 Å². The predicted molar refractivity (Wildman–Crippen MR) is 93.0 cm³/mol. The number of anilines is 1. The van der Waals surface area contributed by atoms with Crippen molar-refractivity contribution in [1.82, 2.24) is 0 Å². The van der Waals surface area contributed by atoms with Gasteiger partial charge in [-0.15, -0.1) is 23.4 Å². The fourth-order valence-corrected chi connectivity index (χ4v) is 3.12. The minimum Gasteiger partial charge on any atom is -0.497 e. The molecule has 0 aromatic heterocycles. The van der Waals surface area contributed by atoms with Crippen molar-refractivity contribution < 1.29 is 9.53 Å². The van der Waals surface area contributed by atoms with Crippen molar-refractivity contribution in [3.05, 3.63) is 54.6 Å². The van der Waals surface area contributed by atoms with Gasteiger partial charge in [0.05, 0.1) is 12.5 Å². The number of methoxy groups -OCH3 is 1. The summed E-state index contributed by atoms with van der Waals surface area (Å²) >= 11 is 7.66. The molecular formula is C17H18ClNO2S. The van der Waals surface area contributed by atoms with E-state index in [1.54, 1.807) is 31.4 Å².